The molecule has 0 saturated carbocycles. The summed E-state index contributed by atoms with van der Waals surface area (Å²) in [4.78, 5) is 2.49. The monoisotopic (exact) mass is 869 g/mol. The molecular weight excluding hydrogens is 819 g/mol. The van der Waals surface area contributed by atoms with Crippen molar-refractivity contribution >= 4 is 17.1 Å². The summed E-state index contributed by atoms with van der Waals surface area (Å²) in [7, 11) is 0. The third kappa shape index (κ3) is 5.69. The van der Waals surface area contributed by atoms with Crippen molar-refractivity contribution in [1.29, 1.82) is 0 Å². The zero-order valence-electron chi connectivity index (χ0n) is 39.0. The first-order valence-electron chi connectivity index (χ1n) is 24.1. The van der Waals surface area contributed by atoms with Gasteiger partial charge in [0.2, 0.25) is 0 Å². The van der Waals surface area contributed by atoms with Gasteiger partial charge in [-0.1, -0.05) is 228 Å². The fourth-order valence-corrected chi connectivity index (χ4v) is 12.6. The molecule has 3 aliphatic rings. The highest BCUT2D eigenvalue weighted by Crippen LogP contribution is 2.58. The quantitative estimate of drug-likeness (QED) is 0.154. The van der Waals surface area contributed by atoms with Crippen LogP contribution in [0.3, 0.4) is 0 Å². The van der Waals surface area contributed by atoms with E-state index in [2.05, 4.69) is 269 Å². The van der Waals surface area contributed by atoms with Crippen molar-refractivity contribution in [2.75, 3.05) is 4.90 Å². The number of fused-ring (bicyclic) bond motifs is 9. The Morgan fingerprint density at radius 1 is 0.279 bits per heavy atom. The van der Waals surface area contributed by atoms with Crippen molar-refractivity contribution in [3.05, 3.63) is 281 Å². The minimum Gasteiger partial charge on any atom is -0.310 e. The van der Waals surface area contributed by atoms with Gasteiger partial charge in [0, 0.05) is 27.8 Å². The Morgan fingerprint density at radius 2 is 0.721 bits per heavy atom. The van der Waals surface area contributed by atoms with Gasteiger partial charge in [-0.15, -0.1) is 0 Å². The molecule has 0 heterocycles. The van der Waals surface area contributed by atoms with Gasteiger partial charge in [-0.2, -0.15) is 0 Å². The van der Waals surface area contributed by atoms with Gasteiger partial charge in [0.15, 0.2) is 0 Å². The topological polar surface area (TPSA) is 3.24 Å². The summed E-state index contributed by atoms with van der Waals surface area (Å²) < 4.78 is 0. The number of nitrogens with zero attached hydrogens (tertiary/aromatic N) is 1. The highest BCUT2D eigenvalue weighted by atomic mass is 15.1. The normalized spacial score (nSPS) is 14.8. The van der Waals surface area contributed by atoms with Crippen LogP contribution in [-0.4, -0.2) is 0 Å². The number of para-hydroxylation sites is 1. The predicted molar refractivity (Wildman–Crippen MR) is 284 cm³/mol. The Labute approximate surface area is 400 Å². The van der Waals surface area contributed by atoms with Crippen LogP contribution < -0.4 is 4.90 Å². The summed E-state index contributed by atoms with van der Waals surface area (Å²) in [5.74, 6) is 0. The number of rotatable bonds is 7. The van der Waals surface area contributed by atoms with Crippen molar-refractivity contribution in [3.8, 4) is 55.6 Å². The molecule has 0 bridgehead atoms. The molecule has 3 aliphatic carbocycles. The highest BCUT2D eigenvalue weighted by molar-refractivity contribution is 5.99. The second-order valence-corrected chi connectivity index (χ2v) is 20.0. The minimum atomic E-state index is -0.424. The van der Waals surface area contributed by atoms with Gasteiger partial charge in [0.25, 0.3) is 0 Å². The van der Waals surface area contributed by atoms with Crippen LogP contribution in [0.25, 0.3) is 55.6 Å². The maximum absolute atomic E-state index is 2.49. The molecule has 0 unspecified atom stereocenters. The molecule has 0 atom stereocenters. The van der Waals surface area contributed by atoms with Crippen LogP contribution in [0.15, 0.2) is 237 Å². The van der Waals surface area contributed by atoms with Gasteiger partial charge >= 0.3 is 0 Å². The Hall–Kier alpha value is -8.00. The Bertz CT molecular complexity index is 3570. The number of benzene rings is 10. The molecule has 324 valence electrons. The maximum Gasteiger partial charge on any atom is 0.0713 e. The molecule has 13 rings (SSSR count). The van der Waals surface area contributed by atoms with Crippen molar-refractivity contribution in [2.24, 2.45) is 0 Å². The zero-order valence-corrected chi connectivity index (χ0v) is 39.0. The SMILES string of the molecule is CC1(C)c2ccccc2-c2cc(N(c3ccc(-c4ccc5c(c4)-c4ccccc4C5(c4ccccc4)c4ccccc4)cc3)c3ccccc3-c3cccc4c3-c3ccccc3C4(C)C)ccc21. The molecule has 0 saturated heterocycles. The number of anilines is 3. The number of hydrogen-bond donors (Lipinski definition) is 0. The van der Waals surface area contributed by atoms with Crippen molar-refractivity contribution < 1.29 is 0 Å². The van der Waals surface area contributed by atoms with Crippen LogP contribution in [0, 0.1) is 0 Å². The Kier molecular flexibility index (Phi) is 8.89. The fourth-order valence-electron chi connectivity index (χ4n) is 12.6. The molecule has 68 heavy (non-hydrogen) atoms. The molecule has 0 radical (unpaired) electrons. The lowest BCUT2D eigenvalue weighted by molar-refractivity contribution is 0.660. The van der Waals surface area contributed by atoms with E-state index in [-0.39, 0.29) is 10.8 Å². The van der Waals surface area contributed by atoms with E-state index in [0.717, 1.165) is 17.1 Å². The van der Waals surface area contributed by atoms with Gasteiger partial charge < -0.3 is 4.90 Å². The van der Waals surface area contributed by atoms with Crippen LogP contribution in [0.4, 0.5) is 17.1 Å². The van der Waals surface area contributed by atoms with E-state index in [1.165, 1.54) is 100 Å². The van der Waals surface area contributed by atoms with E-state index < -0.39 is 5.41 Å². The molecule has 0 aliphatic heterocycles. The van der Waals surface area contributed by atoms with Gasteiger partial charge in [-0.3, -0.25) is 0 Å². The molecule has 0 spiro atoms. The first-order valence-corrected chi connectivity index (χ1v) is 24.1. The van der Waals surface area contributed by atoms with Crippen molar-refractivity contribution in [2.45, 2.75) is 43.9 Å². The third-order valence-electron chi connectivity index (χ3n) is 15.8. The largest absolute Gasteiger partial charge is 0.310 e. The second kappa shape index (κ2) is 15.0. The predicted octanol–water partition coefficient (Wildman–Crippen LogP) is 17.5. The highest BCUT2D eigenvalue weighted by Gasteiger charge is 2.46. The van der Waals surface area contributed by atoms with E-state index >= 15 is 0 Å². The van der Waals surface area contributed by atoms with Crippen LogP contribution in [0.1, 0.15) is 72.2 Å². The van der Waals surface area contributed by atoms with Gasteiger partial charge in [-0.05, 0) is 131 Å². The molecule has 10 aromatic carbocycles. The summed E-state index contributed by atoms with van der Waals surface area (Å²) >= 11 is 0. The molecule has 1 nitrogen and oxygen atoms in total. The van der Waals surface area contributed by atoms with E-state index in [9.17, 15) is 0 Å². The zero-order chi connectivity index (χ0) is 45.8. The standard InChI is InChI=1S/C67H51N/c1-65(2)57-29-15-11-24-50(57)56-43-49(39-41-59(56)65)68(63-33-18-14-26-52(63)53-28-19-32-62-64(53)54-27-13-16-30-58(54)66(62,3)4)48-37-34-44(35-38-48)45-36-40-61-55(42-45)51-25-12-17-31-60(51)67(61,46-20-7-5-8-21-46)47-22-9-6-10-23-47/h5-43H,1-4H3. The lowest BCUT2D eigenvalue weighted by Crippen LogP contribution is -2.28. The van der Waals surface area contributed by atoms with E-state index in [1.54, 1.807) is 0 Å². The van der Waals surface area contributed by atoms with E-state index in [4.69, 9.17) is 0 Å². The van der Waals surface area contributed by atoms with E-state index in [0.29, 0.717) is 0 Å². The Morgan fingerprint density at radius 3 is 1.41 bits per heavy atom. The second-order valence-electron chi connectivity index (χ2n) is 20.0. The third-order valence-corrected chi connectivity index (χ3v) is 15.8. The summed E-state index contributed by atoms with van der Waals surface area (Å²) in [5, 5.41) is 0. The molecule has 10 aromatic rings. The average Bonchev–Trinajstić information content (AvgIpc) is 3.92. The summed E-state index contributed by atoms with van der Waals surface area (Å²) in [6.07, 6.45) is 0. The van der Waals surface area contributed by atoms with Crippen LogP contribution in [-0.2, 0) is 16.2 Å². The van der Waals surface area contributed by atoms with Crippen LogP contribution in [0.2, 0.25) is 0 Å². The maximum atomic E-state index is 2.49. The minimum absolute atomic E-state index is 0.0855. The van der Waals surface area contributed by atoms with Crippen molar-refractivity contribution in [1.82, 2.24) is 0 Å². The van der Waals surface area contributed by atoms with Gasteiger partial charge in [0.1, 0.15) is 0 Å². The van der Waals surface area contributed by atoms with Crippen molar-refractivity contribution in [3.63, 3.8) is 0 Å². The Balaban J connectivity index is 0.975. The molecule has 0 aromatic heterocycles. The summed E-state index contributed by atoms with van der Waals surface area (Å²) in [6, 6.07) is 88.6. The fraction of sp³-hybridized carbons (Fsp3) is 0.104. The first kappa shape index (κ1) is 40.3. The molecule has 1 heteroatoms. The molecule has 0 amide bonds. The van der Waals surface area contributed by atoms with Gasteiger partial charge in [-0.25, -0.2) is 0 Å². The van der Waals surface area contributed by atoms with Crippen LogP contribution in [0.5, 0.6) is 0 Å². The van der Waals surface area contributed by atoms with Gasteiger partial charge in [0.05, 0.1) is 11.1 Å². The van der Waals surface area contributed by atoms with Crippen LogP contribution >= 0.6 is 0 Å². The lowest BCUT2D eigenvalue weighted by Gasteiger charge is -2.33. The average molecular weight is 870 g/mol. The molecule has 0 N–H and O–H groups in total. The molecular formula is C67H51N. The molecule has 0 fully saturated rings. The smallest absolute Gasteiger partial charge is 0.0713 e. The lowest BCUT2D eigenvalue weighted by atomic mass is 9.67. The first-order chi connectivity index (χ1) is 33.3. The summed E-state index contributed by atoms with van der Waals surface area (Å²) in [6.45, 7) is 9.46. The summed E-state index contributed by atoms with van der Waals surface area (Å²) in [5.41, 5.74) is 26.2. The van der Waals surface area contributed by atoms with E-state index in [1.807, 2.05) is 0 Å². The number of hydrogen-bond acceptors (Lipinski definition) is 1.